The van der Waals surface area contributed by atoms with Crippen LogP contribution in [0.15, 0.2) is 47.1 Å². The molecule has 1 aliphatic heterocycles. The summed E-state index contributed by atoms with van der Waals surface area (Å²) in [5.41, 5.74) is 1.64. The van der Waals surface area contributed by atoms with E-state index in [1.165, 1.54) is 0 Å². The van der Waals surface area contributed by atoms with Crippen molar-refractivity contribution in [2.24, 2.45) is 0 Å². The number of aromatic nitrogens is 3. The van der Waals surface area contributed by atoms with Gasteiger partial charge in [-0.3, -0.25) is 4.79 Å². The van der Waals surface area contributed by atoms with E-state index in [4.69, 9.17) is 9.26 Å². The quantitative estimate of drug-likeness (QED) is 0.614. The summed E-state index contributed by atoms with van der Waals surface area (Å²) < 4.78 is 10.8. The summed E-state index contributed by atoms with van der Waals surface area (Å²) in [6, 6.07) is 11.3. The first kappa shape index (κ1) is 18.9. The van der Waals surface area contributed by atoms with Crippen LogP contribution < -0.4 is 15.0 Å². The minimum atomic E-state index is -0.0267. The molecule has 2 aromatic heterocycles. The number of ether oxygens (including phenoxy) is 1. The number of fused-ring (bicyclic) bond motifs is 1. The van der Waals surface area contributed by atoms with Crippen molar-refractivity contribution in [3.8, 4) is 17.2 Å². The molecule has 4 rings (SSSR count). The number of anilines is 2. The second-order valence-corrected chi connectivity index (χ2v) is 7.12. The fourth-order valence-electron chi connectivity index (χ4n) is 3.10. The standard InChI is InChI=1S/C21H23N5O3/c1-14(2)20-24-21(29-25-20)15-8-10-23-18(12-15)22-9-5-11-26-16-6-3-4-7-17(16)28-13-19(26)27/h3-4,6-8,10,12,14H,5,9,11,13H2,1-2H3,(H,22,23). The third-order valence-electron chi connectivity index (χ3n) is 4.64. The van der Waals surface area contributed by atoms with Gasteiger partial charge < -0.3 is 19.5 Å². The number of carbonyl (C=O) groups excluding carboxylic acids is 1. The number of amides is 1. The normalized spacial score (nSPS) is 13.3. The molecule has 8 nitrogen and oxygen atoms in total. The molecule has 0 spiro atoms. The number of nitrogens with zero attached hydrogens (tertiary/aromatic N) is 4. The molecule has 8 heteroatoms. The fraction of sp³-hybridized carbons (Fsp3) is 0.333. The number of carbonyl (C=O) groups is 1. The maximum absolute atomic E-state index is 12.2. The Morgan fingerprint density at radius 3 is 2.93 bits per heavy atom. The largest absolute Gasteiger partial charge is 0.482 e. The minimum absolute atomic E-state index is 0.0267. The molecule has 0 radical (unpaired) electrons. The van der Waals surface area contributed by atoms with Gasteiger partial charge in [0.15, 0.2) is 12.4 Å². The number of pyridine rings is 1. The maximum Gasteiger partial charge on any atom is 0.265 e. The van der Waals surface area contributed by atoms with E-state index >= 15 is 0 Å². The number of hydrogen-bond donors (Lipinski definition) is 1. The summed E-state index contributed by atoms with van der Waals surface area (Å²) in [5.74, 6) is 2.81. The van der Waals surface area contributed by atoms with Crippen LogP contribution in [0.1, 0.15) is 32.0 Å². The van der Waals surface area contributed by atoms with Gasteiger partial charge in [0.25, 0.3) is 11.8 Å². The first-order valence-electron chi connectivity index (χ1n) is 9.68. The Hall–Kier alpha value is -3.42. The molecular formula is C21H23N5O3. The Morgan fingerprint density at radius 2 is 2.10 bits per heavy atom. The summed E-state index contributed by atoms with van der Waals surface area (Å²) in [6.45, 7) is 5.39. The van der Waals surface area contributed by atoms with Gasteiger partial charge in [-0.25, -0.2) is 4.98 Å². The molecule has 0 fully saturated rings. The van der Waals surface area contributed by atoms with Crippen LogP contribution in [0.5, 0.6) is 5.75 Å². The van der Waals surface area contributed by atoms with Crippen LogP contribution >= 0.6 is 0 Å². The highest BCUT2D eigenvalue weighted by Crippen LogP contribution is 2.31. The van der Waals surface area contributed by atoms with Crippen LogP contribution in [-0.4, -0.2) is 40.7 Å². The maximum atomic E-state index is 12.2. The molecule has 1 aromatic carbocycles. The van der Waals surface area contributed by atoms with Crippen LogP contribution in [0.3, 0.4) is 0 Å². The summed E-state index contributed by atoms with van der Waals surface area (Å²) in [7, 11) is 0. The second-order valence-electron chi connectivity index (χ2n) is 7.12. The van der Waals surface area contributed by atoms with Gasteiger partial charge in [0, 0.05) is 30.8 Å². The second kappa shape index (κ2) is 8.30. The summed E-state index contributed by atoms with van der Waals surface area (Å²) in [6.07, 6.45) is 2.47. The lowest BCUT2D eigenvalue weighted by atomic mass is 10.2. The van der Waals surface area contributed by atoms with E-state index in [9.17, 15) is 4.79 Å². The van der Waals surface area contributed by atoms with Crippen molar-refractivity contribution in [1.82, 2.24) is 15.1 Å². The van der Waals surface area contributed by atoms with Crippen molar-refractivity contribution in [3.63, 3.8) is 0 Å². The van der Waals surface area contributed by atoms with Crippen LogP contribution in [-0.2, 0) is 4.79 Å². The lowest BCUT2D eigenvalue weighted by molar-refractivity contribution is -0.121. The van der Waals surface area contributed by atoms with Crippen molar-refractivity contribution in [3.05, 3.63) is 48.4 Å². The van der Waals surface area contributed by atoms with Gasteiger partial charge in [-0.1, -0.05) is 31.1 Å². The highest BCUT2D eigenvalue weighted by atomic mass is 16.5. The van der Waals surface area contributed by atoms with E-state index in [1.54, 1.807) is 11.1 Å². The zero-order chi connectivity index (χ0) is 20.2. The highest BCUT2D eigenvalue weighted by molar-refractivity contribution is 5.97. The molecule has 1 N–H and O–H groups in total. The topological polar surface area (TPSA) is 93.4 Å². The van der Waals surface area contributed by atoms with E-state index in [0.717, 1.165) is 29.2 Å². The van der Waals surface area contributed by atoms with Gasteiger partial charge in [-0.15, -0.1) is 0 Å². The molecule has 0 atom stereocenters. The average Bonchev–Trinajstić information content (AvgIpc) is 3.23. The molecule has 0 saturated heterocycles. The molecule has 1 aliphatic rings. The Bertz CT molecular complexity index is 1000. The van der Waals surface area contributed by atoms with Gasteiger partial charge in [0.2, 0.25) is 0 Å². The summed E-state index contributed by atoms with van der Waals surface area (Å²) >= 11 is 0. The fourth-order valence-corrected chi connectivity index (χ4v) is 3.10. The number of rotatable bonds is 7. The molecule has 0 aliphatic carbocycles. The predicted molar refractivity (Wildman–Crippen MR) is 109 cm³/mol. The van der Waals surface area contributed by atoms with Gasteiger partial charge >= 0.3 is 0 Å². The van der Waals surface area contributed by atoms with E-state index in [0.29, 0.717) is 24.8 Å². The van der Waals surface area contributed by atoms with Gasteiger partial charge in [0.05, 0.1) is 5.69 Å². The average molecular weight is 393 g/mol. The Balaban J connectivity index is 1.35. The third kappa shape index (κ3) is 4.21. The van der Waals surface area contributed by atoms with Crippen molar-refractivity contribution in [2.45, 2.75) is 26.2 Å². The molecular weight excluding hydrogens is 370 g/mol. The van der Waals surface area contributed by atoms with E-state index in [-0.39, 0.29) is 18.4 Å². The Morgan fingerprint density at radius 1 is 1.24 bits per heavy atom. The van der Waals surface area contributed by atoms with Crippen LogP contribution in [0.25, 0.3) is 11.5 Å². The Kier molecular flexibility index (Phi) is 5.41. The van der Waals surface area contributed by atoms with Crippen LogP contribution in [0.4, 0.5) is 11.5 Å². The summed E-state index contributed by atoms with van der Waals surface area (Å²) in [5, 5.41) is 7.29. The van der Waals surface area contributed by atoms with E-state index in [1.807, 2.05) is 50.2 Å². The number of hydrogen-bond acceptors (Lipinski definition) is 7. The molecule has 0 bridgehead atoms. The molecule has 3 heterocycles. The molecule has 0 unspecified atom stereocenters. The lowest BCUT2D eigenvalue weighted by Crippen LogP contribution is -2.39. The van der Waals surface area contributed by atoms with Crippen molar-refractivity contribution >= 4 is 17.4 Å². The van der Waals surface area contributed by atoms with Gasteiger partial charge in [-0.2, -0.15) is 4.98 Å². The molecule has 3 aromatic rings. The summed E-state index contributed by atoms with van der Waals surface area (Å²) in [4.78, 5) is 22.8. The van der Waals surface area contributed by atoms with Crippen LogP contribution in [0, 0.1) is 0 Å². The van der Waals surface area contributed by atoms with Crippen molar-refractivity contribution in [2.75, 3.05) is 29.9 Å². The number of para-hydroxylation sites is 2. The third-order valence-corrected chi connectivity index (χ3v) is 4.64. The first-order valence-corrected chi connectivity index (χ1v) is 9.68. The monoisotopic (exact) mass is 393 g/mol. The zero-order valence-corrected chi connectivity index (χ0v) is 16.5. The highest BCUT2D eigenvalue weighted by Gasteiger charge is 2.24. The SMILES string of the molecule is CC(C)c1noc(-c2ccnc(NCCCN3C(=O)COc4ccccc43)c2)n1. The smallest absolute Gasteiger partial charge is 0.265 e. The number of nitrogens with one attached hydrogen (secondary N) is 1. The predicted octanol–water partition coefficient (Wildman–Crippen LogP) is 3.48. The zero-order valence-electron chi connectivity index (χ0n) is 16.5. The molecule has 1 amide bonds. The molecule has 0 saturated carbocycles. The minimum Gasteiger partial charge on any atom is -0.482 e. The Labute approximate surface area is 168 Å². The van der Waals surface area contributed by atoms with Gasteiger partial charge in [-0.05, 0) is 30.7 Å². The lowest BCUT2D eigenvalue weighted by Gasteiger charge is -2.29. The number of benzene rings is 1. The molecule has 150 valence electrons. The van der Waals surface area contributed by atoms with Gasteiger partial charge in [0.1, 0.15) is 11.6 Å². The first-order chi connectivity index (χ1) is 14.1. The van der Waals surface area contributed by atoms with Crippen molar-refractivity contribution in [1.29, 1.82) is 0 Å². The van der Waals surface area contributed by atoms with E-state index < -0.39 is 0 Å². The molecule has 29 heavy (non-hydrogen) atoms. The van der Waals surface area contributed by atoms with Crippen LogP contribution in [0.2, 0.25) is 0 Å². The van der Waals surface area contributed by atoms with Crippen molar-refractivity contribution < 1.29 is 14.1 Å². The van der Waals surface area contributed by atoms with E-state index in [2.05, 4.69) is 20.4 Å².